The van der Waals surface area contributed by atoms with Crippen molar-refractivity contribution in [3.63, 3.8) is 0 Å². The first kappa shape index (κ1) is 29.4. The van der Waals surface area contributed by atoms with E-state index in [1.165, 1.54) is 116 Å². The van der Waals surface area contributed by atoms with Crippen LogP contribution in [0.25, 0.3) is 11.1 Å². The molecule has 0 bridgehead atoms. The number of hydrogen-bond acceptors (Lipinski definition) is 0. The molecule has 0 aliphatic heterocycles. The molecule has 208 valence electrons. The molecule has 1 aliphatic rings. The average molecular weight is 521 g/mol. The number of aryl methyl sites for hydroxylation is 4. The van der Waals surface area contributed by atoms with Crippen molar-refractivity contribution in [2.75, 3.05) is 0 Å². The summed E-state index contributed by atoms with van der Waals surface area (Å²) in [5.74, 6) is 0. The Bertz CT molecular complexity index is 1150. The van der Waals surface area contributed by atoms with Gasteiger partial charge in [0.05, 0.1) is 0 Å². The van der Waals surface area contributed by atoms with Crippen LogP contribution in [0.4, 0.5) is 0 Å². The zero-order valence-electron chi connectivity index (χ0n) is 25.4. The van der Waals surface area contributed by atoms with E-state index in [9.17, 15) is 0 Å². The Morgan fingerprint density at radius 3 is 1.64 bits per heavy atom. The van der Waals surface area contributed by atoms with Crippen molar-refractivity contribution in [2.45, 2.75) is 123 Å². The van der Waals surface area contributed by atoms with Gasteiger partial charge in [-0.25, -0.2) is 0 Å². The van der Waals surface area contributed by atoms with Crippen molar-refractivity contribution in [1.29, 1.82) is 0 Å². The first-order valence-corrected chi connectivity index (χ1v) is 16.0. The number of unbranched alkanes of at least 4 members (excludes halogenated alkanes) is 8. The highest BCUT2D eigenvalue weighted by atomic mass is 14.5. The minimum Gasteiger partial charge on any atom is -0.103 e. The second-order valence-electron chi connectivity index (χ2n) is 12.2. The van der Waals surface area contributed by atoms with Gasteiger partial charge in [-0.15, -0.1) is 6.58 Å². The van der Waals surface area contributed by atoms with E-state index in [2.05, 4.69) is 94.9 Å². The van der Waals surface area contributed by atoms with Crippen LogP contribution in [0.5, 0.6) is 0 Å². The van der Waals surface area contributed by atoms with Gasteiger partial charge in [0, 0.05) is 5.41 Å². The van der Waals surface area contributed by atoms with Crippen LogP contribution in [0, 0.1) is 13.8 Å². The molecule has 0 nitrogen and oxygen atoms in total. The minimum atomic E-state index is -0.0819. The van der Waals surface area contributed by atoms with E-state index in [0.29, 0.717) is 0 Å². The zero-order valence-corrected chi connectivity index (χ0v) is 25.4. The second kappa shape index (κ2) is 14.2. The zero-order chi connectivity index (χ0) is 27.7. The van der Waals surface area contributed by atoms with E-state index < -0.39 is 0 Å². The van der Waals surface area contributed by atoms with E-state index in [1.54, 1.807) is 11.1 Å². The molecule has 0 unspecified atom stereocenters. The maximum Gasteiger partial charge on any atom is 0.0464 e. The first-order valence-electron chi connectivity index (χ1n) is 16.0. The third-order valence-corrected chi connectivity index (χ3v) is 8.95. The molecule has 0 saturated heterocycles. The number of allylic oxidation sites excluding steroid dienone is 1. The largest absolute Gasteiger partial charge is 0.103 e. The average Bonchev–Trinajstić information content (AvgIpc) is 3.20. The van der Waals surface area contributed by atoms with E-state index in [0.717, 1.165) is 12.8 Å². The molecule has 0 amide bonds. The van der Waals surface area contributed by atoms with Crippen molar-refractivity contribution in [1.82, 2.24) is 0 Å². The highest BCUT2D eigenvalue weighted by Gasteiger charge is 2.44. The molecular formula is C39H52. The summed E-state index contributed by atoms with van der Waals surface area (Å²) in [5.41, 5.74) is 13.2. The van der Waals surface area contributed by atoms with E-state index in [1.807, 2.05) is 0 Å². The van der Waals surface area contributed by atoms with Gasteiger partial charge in [0.25, 0.3) is 0 Å². The van der Waals surface area contributed by atoms with Crippen LogP contribution in [0.2, 0.25) is 0 Å². The van der Waals surface area contributed by atoms with Crippen LogP contribution in [-0.4, -0.2) is 0 Å². The van der Waals surface area contributed by atoms with Crippen LogP contribution in [-0.2, 0) is 18.3 Å². The van der Waals surface area contributed by atoms with Gasteiger partial charge in [0.15, 0.2) is 0 Å². The predicted octanol–water partition coefficient (Wildman–Crippen LogP) is 11.6. The number of rotatable bonds is 16. The molecule has 0 aromatic heterocycles. The van der Waals surface area contributed by atoms with Gasteiger partial charge in [-0.1, -0.05) is 131 Å². The van der Waals surface area contributed by atoms with Crippen molar-refractivity contribution in [3.8, 4) is 11.1 Å². The summed E-state index contributed by atoms with van der Waals surface area (Å²) >= 11 is 0. The van der Waals surface area contributed by atoms with Gasteiger partial charge < -0.3 is 0 Å². The fourth-order valence-corrected chi connectivity index (χ4v) is 6.85. The van der Waals surface area contributed by atoms with Gasteiger partial charge in [-0.2, -0.15) is 0 Å². The standard InChI is InChI=1S/C39H52/c1-6-9-12-15-18-32-27-33(19-16-13-10-7-2)29-34(28-32)39(24-17-14-11-8-3)37-25-30(4)20-22-35(37)36-23-21-31(5)26-38(36)39/h8,20-23,25-29H,3,6-7,9-19,24H2,1-2,4-5H3. The Labute approximate surface area is 240 Å². The molecule has 3 aromatic carbocycles. The summed E-state index contributed by atoms with van der Waals surface area (Å²) in [5, 5.41) is 0. The topological polar surface area (TPSA) is 0 Å². The lowest BCUT2D eigenvalue weighted by Crippen LogP contribution is -2.28. The SMILES string of the molecule is C=CCCCCC1(c2cc(CCCCCC)cc(CCCCCC)c2)c2cc(C)ccc2-c2ccc(C)cc21. The second-order valence-corrected chi connectivity index (χ2v) is 12.2. The summed E-state index contributed by atoms with van der Waals surface area (Å²) in [7, 11) is 0. The molecule has 4 rings (SSSR count). The summed E-state index contributed by atoms with van der Waals surface area (Å²) in [6.45, 7) is 13.2. The molecule has 0 fully saturated rings. The Kier molecular flexibility index (Phi) is 10.7. The summed E-state index contributed by atoms with van der Waals surface area (Å²) in [6, 6.07) is 22.2. The Morgan fingerprint density at radius 2 is 1.15 bits per heavy atom. The lowest BCUT2D eigenvalue weighted by Gasteiger charge is -2.34. The van der Waals surface area contributed by atoms with Crippen molar-refractivity contribution in [2.24, 2.45) is 0 Å². The summed E-state index contributed by atoms with van der Waals surface area (Å²) < 4.78 is 0. The van der Waals surface area contributed by atoms with Gasteiger partial charge in [0.2, 0.25) is 0 Å². The van der Waals surface area contributed by atoms with Gasteiger partial charge in [0.1, 0.15) is 0 Å². The van der Waals surface area contributed by atoms with Crippen LogP contribution in [0.15, 0.2) is 67.3 Å². The third kappa shape index (κ3) is 6.77. The Balaban J connectivity index is 1.87. The Morgan fingerprint density at radius 1 is 0.615 bits per heavy atom. The van der Waals surface area contributed by atoms with Crippen LogP contribution in [0.1, 0.15) is 130 Å². The normalized spacial score (nSPS) is 13.3. The molecule has 1 aliphatic carbocycles. The van der Waals surface area contributed by atoms with Crippen LogP contribution in [0.3, 0.4) is 0 Å². The van der Waals surface area contributed by atoms with E-state index in [4.69, 9.17) is 0 Å². The monoisotopic (exact) mass is 520 g/mol. The lowest BCUT2D eigenvalue weighted by atomic mass is 9.68. The van der Waals surface area contributed by atoms with Crippen molar-refractivity contribution >= 4 is 0 Å². The molecule has 0 saturated carbocycles. The van der Waals surface area contributed by atoms with Gasteiger partial charge >= 0.3 is 0 Å². The molecular weight excluding hydrogens is 468 g/mol. The van der Waals surface area contributed by atoms with Crippen molar-refractivity contribution < 1.29 is 0 Å². The summed E-state index contributed by atoms with van der Waals surface area (Å²) in [6.07, 6.45) is 19.7. The maximum absolute atomic E-state index is 4.01. The molecule has 0 N–H and O–H groups in total. The fourth-order valence-electron chi connectivity index (χ4n) is 6.85. The molecule has 39 heavy (non-hydrogen) atoms. The van der Waals surface area contributed by atoms with E-state index in [-0.39, 0.29) is 5.41 Å². The van der Waals surface area contributed by atoms with Crippen LogP contribution >= 0.6 is 0 Å². The summed E-state index contributed by atoms with van der Waals surface area (Å²) in [4.78, 5) is 0. The number of hydrogen-bond donors (Lipinski definition) is 0. The Hall–Kier alpha value is -2.60. The lowest BCUT2D eigenvalue weighted by molar-refractivity contribution is 0.528. The molecule has 3 aromatic rings. The molecule has 0 atom stereocenters. The first-order chi connectivity index (χ1) is 19.0. The van der Waals surface area contributed by atoms with E-state index >= 15 is 0 Å². The smallest absolute Gasteiger partial charge is 0.0464 e. The van der Waals surface area contributed by atoms with Gasteiger partial charge in [-0.05, 0) is 97.7 Å². The van der Waals surface area contributed by atoms with Crippen molar-refractivity contribution in [3.05, 3.63) is 106 Å². The molecule has 0 spiro atoms. The number of fused-ring (bicyclic) bond motifs is 3. The van der Waals surface area contributed by atoms with Crippen LogP contribution < -0.4 is 0 Å². The highest BCUT2D eigenvalue weighted by Crippen LogP contribution is 2.55. The maximum atomic E-state index is 4.01. The van der Waals surface area contributed by atoms with Gasteiger partial charge in [-0.3, -0.25) is 0 Å². The minimum absolute atomic E-state index is 0.0819. The number of benzene rings is 3. The molecule has 0 heterocycles. The fraction of sp³-hybridized carbons (Fsp3) is 0.487. The highest BCUT2D eigenvalue weighted by molar-refractivity contribution is 5.84. The quantitative estimate of drug-likeness (QED) is 0.130. The molecule has 0 heteroatoms. The predicted molar refractivity (Wildman–Crippen MR) is 172 cm³/mol. The molecule has 0 radical (unpaired) electrons. The third-order valence-electron chi connectivity index (χ3n) is 8.95.